The van der Waals surface area contributed by atoms with E-state index in [0.717, 1.165) is 5.56 Å². The second kappa shape index (κ2) is 7.75. The van der Waals surface area contributed by atoms with E-state index in [9.17, 15) is 4.79 Å². The summed E-state index contributed by atoms with van der Waals surface area (Å²) in [5.41, 5.74) is 0.945. The number of benzene rings is 1. The zero-order valence-electron chi connectivity index (χ0n) is 12.7. The van der Waals surface area contributed by atoms with Crippen LogP contribution in [-0.2, 0) is 9.53 Å². The molecule has 112 valence electrons. The molecule has 5 heteroatoms. The van der Waals surface area contributed by atoms with Crippen molar-refractivity contribution in [2.24, 2.45) is 0 Å². The fourth-order valence-corrected chi connectivity index (χ4v) is 1.73. The molecule has 1 unspecified atom stereocenters. The lowest BCUT2D eigenvalue weighted by molar-refractivity contribution is -0.127. The summed E-state index contributed by atoms with van der Waals surface area (Å²) in [7, 11) is 3.17. The molecule has 0 saturated carbocycles. The van der Waals surface area contributed by atoms with Gasteiger partial charge in [0, 0.05) is 0 Å². The molecule has 0 bridgehead atoms. The molecule has 20 heavy (non-hydrogen) atoms. The maximum atomic E-state index is 11.7. The van der Waals surface area contributed by atoms with Crippen LogP contribution in [0.3, 0.4) is 0 Å². The average molecular weight is 281 g/mol. The van der Waals surface area contributed by atoms with Crippen molar-refractivity contribution < 1.29 is 19.0 Å². The van der Waals surface area contributed by atoms with E-state index in [1.54, 1.807) is 14.2 Å². The molecule has 5 nitrogen and oxygen atoms in total. The van der Waals surface area contributed by atoms with Gasteiger partial charge in [-0.25, -0.2) is 0 Å². The van der Waals surface area contributed by atoms with E-state index in [0.29, 0.717) is 11.5 Å². The molecule has 0 aliphatic heterocycles. The number of carbonyl (C=O) groups excluding carboxylic acids is 1. The van der Waals surface area contributed by atoms with E-state index in [2.05, 4.69) is 5.32 Å². The summed E-state index contributed by atoms with van der Waals surface area (Å²) in [6, 6.07) is 5.45. The third-order valence-corrected chi connectivity index (χ3v) is 2.83. The minimum Gasteiger partial charge on any atom is -0.493 e. The molecule has 1 amide bonds. The normalized spacial score (nSPS) is 12.1. The van der Waals surface area contributed by atoms with Gasteiger partial charge in [0.15, 0.2) is 11.5 Å². The average Bonchev–Trinajstić information content (AvgIpc) is 2.44. The number of methoxy groups -OCH3 is 2. The molecule has 0 fully saturated rings. The zero-order chi connectivity index (χ0) is 15.1. The van der Waals surface area contributed by atoms with Crippen LogP contribution in [0.4, 0.5) is 0 Å². The Bertz CT molecular complexity index is 445. The summed E-state index contributed by atoms with van der Waals surface area (Å²) in [6.07, 6.45) is 0.0390. The maximum absolute atomic E-state index is 11.7. The highest BCUT2D eigenvalue weighted by Crippen LogP contribution is 2.29. The third-order valence-electron chi connectivity index (χ3n) is 2.83. The van der Waals surface area contributed by atoms with Crippen LogP contribution in [-0.4, -0.2) is 32.8 Å². The Labute approximate surface area is 120 Å². The Hall–Kier alpha value is -1.75. The van der Waals surface area contributed by atoms with Crippen LogP contribution in [0.1, 0.15) is 32.4 Å². The molecule has 1 rings (SSSR count). The first-order valence-electron chi connectivity index (χ1n) is 6.60. The molecule has 0 spiro atoms. The lowest BCUT2D eigenvalue weighted by Crippen LogP contribution is -2.31. The molecule has 0 aromatic heterocycles. The number of hydrogen-bond acceptors (Lipinski definition) is 4. The number of hydrogen-bond donors (Lipinski definition) is 1. The van der Waals surface area contributed by atoms with Crippen LogP contribution in [0.2, 0.25) is 0 Å². The summed E-state index contributed by atoms with van der Waals surface area (Å²) in [6.45, 7) is 5.76. The first-order valence-corrected chi connectivity index (χ1v) is 6.60. The Morgan fingerprint density at radius 2 is 1.80 bits per heavy atom. The fraction of sp³-hybridized carbons (Fsp3) is 0.533. The highest BCUT2D eigenvalue weighted by molar-refractivity contribution is 5.77. The van der Waals surface area contributed by atoms with Crippen molar-refractivity contribution in [2.45, 2.75) is 32.9 Å². The van der Waals surface area contributed by atoms with Crippen molar-refractivity contribution in [3.8, 4) is 11.5 Å². The van der Waals surface area contributed by atoms with E-state index < -0.39 is 0 Å². The van der Waals surface area contributed by atoms with E-state index in [1.807, 2.05) is 39.0 Å². The molecular weight excluding hydrogens is 258 g/mol. The SMILES string of the molecule is COc1ccc(C(C)NC(=O)COC(C)C)cc1OC. The predicted molar refractivity (Wildman–Crippen MR) is 77.2 cm³/mol. The van der Waals surface area contributed by atoms with Gasteiger partial charge in [-0.05, 0) is 38.5 Å². The van der Waals surface area contributed by atoms with Gasteiger partial charge >= 0.3 is 0 Å². The van der Waals surface area contributed by atoms with Gasteiger partial charge in [-0.3, -0.25) is 4.79 Å². The first-order chi connectivity index (χ1) is 9.47. The fourth-order valence-electron chi connectivity index (χ4n) is 1.73. The van der Waals surface area contributed by atoms with Crippen LogP contribution in [0.15, 0.2) is 18.2 Å². The van der Waals surface area contributed by atoms with Gasteiger partial charge in [-0.2, -0.15) is 0 Å². The van der Waals surface area contributed by atoms with E-state index in [4.69, 9.17) is 14.2 Å². The van der Waals surface area contributed by atoms with Gasteiger partial charge in [0.1, 0.15) is 6.61 Å². The highest BCUT2D eigenvalue weighted by Gasteiger charge is 2.13. The second-order valence-corrected chi connectivity index (χ2v) is 4.76. The van der Waals surface area contributed by atoms with Gasteiger partial charge in [0.25, 0.3) is 0 Å². The summed E-state index contributed by atoms with van der Waals surface area (Å²) >= 11 is 0. The number of carbonyl (C=O) groups is 1. The Kier molecular flexibility index (Phi) is 6.31. The van der Waals surface area contributed by atoms with Crippen molar-refractivity contribution in [1.82, 2.24) is 5.32 Å². The van der Waals surface area contributed by atoms with Crippen LogP contribution < -0.4 is 14.8 Å². The summed E-state index contributed by atoms with van der Waals surface area (Å²) in [4.78, 5) is 11.7. The first kappa shape index (κ1) is 16.3. The molecule has 1 aromatic carbocycles. The Morgan fingerprint density at radius 3 is 2.35 bits per heavy atom. The minimum atomic E-state index is -0.138. The Morgan fingerprint density at radius 1 is 1.15 bits per heavy atom. The topological polar surface area (TPSA) is 56.8 Å². The van der Waals surface area contributed by atoms with Gasteiger partial charge in [-0.1, -0.05) is 6.07 Å². The van der Waals surface area contributed by atoms with Crippen molar-refractivity contribution in [3.63, 3.8) is 0 Å². The van der Waals surface area contributed by atoms with Gasteiger partial charge in [0.2, 0.25) is 5.91 Å². The van der Waals surface area contributed by atoms with Crippen LogP contribution in [0, 0.1) is 0 Å². The summed E-state index contributed by atoms with van der Waals surface area (Å²) in [5.74, 6) is 1.17. The number of ether oxygens (including phenoxy) is 3. The highest BCUT2D eigenvalue weighted by atomic mass is 16.5. The summed E-state index contributed by atoms with van der Waals surface area (Å²) < 4.78 is 15.7. The van der Waals surface area contributed by atoms with E-state index >= 15 is 0 Å². The third kappa shape index (κ3) is 4.74. The maximum Gasteiger partial charge on any atom is 0.246 e. The van der Waals surface area contributed by atoms with Crippen LogP contribution >= 0.6 is 0 Å². The van der Waals surface area contributed by atoms with Gasteiger partial charge < -0.3 is 19.5 Å². The zero-order valence-corrected chi connectivity index (χ0v) is 12.7. The van der Waals surface area contributed by atoms with Crippen LogP contribution in [0.5, 0.6) is 11.5 Å². The monoisotopic (exact) mass is 281 g/mol. The van der Waals surface area contributed by atoms with Crippen molar-refractivity contribution in [2.75, 3.05) is 20.8 Å². The molecule has 0 aliphatic rings. The Balaban J connectivity index is 2.67. The molecule has 0 radical (unpaired) electrons. The smallest absolute Gasteiger partial charge is 0.246 e. The number of nitrogens with one attached hydrogen (secondary N) is 1. The van der Waals surface area contributed by atoms with Crippen molar-refractivity contribution in [3.05, 3.63) is 23.8 Å². The number of rotatable bonds is 7. The summed E-state index contributed by atoms with van der Waals surface area (Å²) in [5, 5.41) is 2.88. The van der Waals surface area contributed by atoms with Crippen LogP contribution in [0.25, 0.3) is 0 Å². The van der Waals surface area contributed by atoms with Crippen molar-refractivity contribution in [1.29, 1.82) is 0 Å². The van der Waals surface area contributed by atoms with Gasteiger partial charge in [-0.15, -0.1) is 0 Å². The number of amides is 1. The standard InChI is InChI=1S/C15H23NO4/c1-10(2)20-9-15(17)16-11(3)12-6-7-13(18-4)14(8-12)19-5/h6-8,10-11H,9H2,1-5H3,(H,16,17). The molecule has 1 N–H and O–H groups in total. The quantitative estimate of drug-likeness (QED) is 0.833. The second-order valence-electron chi connectivity index (χ2n) is 4.76. The minimum absolute atomic E-state index is 0.0390. The molecule has 0 heterocycles. The van der Waals surface area contributed by atoms with E-state index in [1.165, 1.54) is 0 Å². The largest absolute Gasteiger partial charge is 0.493 e. The molecular formula is C15H23NO4. The van der Waals surface area contributed by atoms with Crippen molar-refractivity contribution >= 4 is 5.91 Å². The molecule has 0 aliphatic carbocycles. The molecule has 0 saturated heterocycles. The predicted octanol–water partition coefficient (Wildman–Crippen LogP) is 2.31. The molecule has 1 atom stereocenters. The van der Waals surface area contributed by atoms with Gasteiger partial charge in [0.05, 0.1) is 26.4 Å². The molecule has 1 aromatic rings. The lowest BCUT2D eigenvalue weighted by Gasteiger charge is -2.17. The lowest BCUT2D eigenvalue weighted by atomic mass is 10.1. The van der Waals surface area contributed by atoms with E-state index in [-0.39, 0.29) is 24.7 Å².